The molecule has 0 unspecified atom stereocenters. The van der Waals surface area contributed by atoms with Crippen LogP contribution in [0.4, 0.5) is 15.0 Å². The minimum absolute atomic E-state index is 0.152. The van der Waals surface area contributed by atoms with Crippen molar-refractivity contribution >= 4 is 28.9 Å². The lowest BCUT2D eigenvalue weighted by atomic mass is 10.1. The first-order valence-electron chi connectivity index (χ1n) is 9.89. The zero-order valence-electron chi connectivity index (χ0n) is 16.6. The molecule has 10 nitrogen and oxygen atoms in total. The van der Waals surface area contributed by atoms with Gasteiger partial charge in [-0.15, -0.1) is 0 Å². The minimum Gasteiger partial charge on any atom is -0.465 e. The topological polar surface area (TPSA) is 139 Å². The van der Waals surface area contributed by atoms with Gasteiger partial charge in [-0.1, -0.05) is 0 Å². The molecule has 1 aliphatic heterocycles. The Morgan fingerprint density at radius 3 is 2.71 bits per heavy atom. The number of hydrogen-bond acceptors (Lipinski definition) is 6. The summed E-state index contributed by atoms with van der Waals surface area (Å²) < 4.78 is 16.7. The average molecular weight is 425 g/mol. The second-order valence-corrected chi connectivity index (χ2v) is 7.93. The molecule has 4 N–H and O–H groups in total. The van der Waals surface area contributed by atoms with Crippen molar-refractivity contribution in [1.29, 1.82) is 0 Å². The van der Waals surface area contributed by atoms with E-state index >= 15 is 0 Å². The number of nitrogen functional groups attached to an aromatic ring is 1. The second-order valence-electron chi connectivity index (χ2n) is 7.93. The summed E-state index contributed by atoms with van der Waals surface area (Å²) >= 11 is 0. The summed E-state index contributed by atoms with van der Waals surface area (Å²) in [5, 5.41) is 17.0. The number of amides is 2. The van der Waals surface area contributed by atoms with E-state index in [9.17, 15) is 19.1 Å². The van der Waals surface area contributed by atoms with Crippen LogP contribution in [0.1, 0.15) is 29.2 Å². The number of fused-ring (bicyclic) bond motifs is 3. The van der Waals surface area contributed by atoms with Crippen LogP contribution in [0.5, 0.6) is 0 Å². The highest BCUT2D eigenvalue weighted by Gasteiger charge is 2.49. The quantitative estimate of drug-likeness (QED) is 0.582. The molecule has 0 radical (unpaired) electrons. The average Bonchev–Trinajstić information content (AvgIpc) is 3.46. The number of halogens is 1. The molecule has 5 rings (SSSR count). The van der Waals surface area contributed by atoms with E-state index in [4.69, 9.17) is 5.73 Å². The van der Waals surface area contributed by atoms with E-state index in [-0.39, 0.29) is 40.6 Å². The number of rotatable bonds is 3. The fraction of sp³-hybridized carbons (Fsp3) is 0.350. The Balaban J connectivity index is 1.65. The number of carbonyl (C=O) groups excluding carboxylic acids is 1. The van der Waals surface area contributed by atoms with Gasteiger partial charge >= 0.3 is 6.09 Å². The summed E-state index contributed by atoms with van der Waals surface area (Å²) in [4.78, 5) is 33.3. The largest absolute Gasteiger partial charge is 0.465 e. The molecule has 31 heavy (non-hydrogen) atoms. The van der Waals surface area contributed by atoms with E-state index in [1.807, 2.05) is 0 Å². The predicted molar refractivity (Wildman–Crippen MR) is 109 cm³/mol. The monoisotopic (exact) mass is 425 g/mol. The maximum Gasteiger partial charge on any atom is 0.407 e. The molecular formula is C20H20FN7O3. The van der Waals surface area contributed by atoms with Crippen LogP contribution >= 0.6 is 0 Å². The first-order valence-corrected chi connectivity index (χ1v) is 9.89. The van der Waals surface area contributed by atoms with Gasteiger partial charge in [-0.25, -0.2) is 23.8 Å². The normalized spacial score (nSPS) is 22.3. The lowest BCUT2D eigenvalue weighted by molar-refractivity contribution is 0.0962. The van der Waals surface area contributed by atoms with Crippen molar-refractivity contribution in [3.05, 3.63) is 35.9 Å². The molecule has 2 aliphatic rings. The molecule has 1 saturated heterocycles. The summed E-state index contributed by atoms with van der Waals surface area (Å²) in [5.41, 5.74) is 7.15. The number of anilines is 1. The van der Waals surface area contributed by atoms with Crippen molar-refractivity contribution in [2.24, 2.45) is 5.92 Å². The van der Waals surface area contributed by atoms with Gasteiger partial charge in [0.15, 0.2) is 5.65 Å². The molecule has 3 heterocycles. The Kier molecular flexibility index (Phi) is 4.27. The van der Waals surface area contributed by atoms with Crippen molar-refractivity contribution in [2.45, 2.75) is 24.9 Å². The van der Waals surface area contributed by atoms with Gasteiger partial charge in [0.25, 0.3) is 5.91 Å². The van der Waals surface area contributed by atoms with E-state index in [0.717, 1.165) is 18.9 Å². The second kappa shape index (κ2) is 6.89. The maximum absolute atomic E-state index is 15.0. The molecule has 3 atom stereocenters. The summed E-state index contributed by atoms with van der Waals surface area (Å²) in [5.74, 6) is -0.633. The molecule has 2 aromatic heterocycles. The number of aromatic nitrogens is 4. The van der Waals surface area contributed by atoms with Crippen LogP contribution in [-0.2, 0) is 0 Å². The van der Waals surface area contributed by atoms with Gasteiger partial charge < -0.3 is 21.1 Å². The number of nitrogens with two attached hydrogens (primary N) is 1. The SMILES string of the molecule is CNC(=O)c1ccc(-c2nn([C@H]3C[C@H]4C[C@@H]3N(C(=O)O)C4)c3ncnc(N)c23)c(F)c1. The van der Waals surface area contributed by atoms with Gasteiger partial charge in [-0.05, 0) is 37.0 Å². The number of benzene rings is 1. The Labute approximate surface area is 175 Å². The third kappa shape index (κ3) is 2.87. The van der Waals surface area contributed by atoms with Crippen molar-refractivity contribution in [1.82, 2.24) is 30.0 Å². The molecule has 2 fully saturated rings. The molecule has 2 bridgehead atoms. The van der Waals surface area contributed by atoms with Crippen molar-refractivity contribution in [3.8, 4) is 11.3 Å². The first kappa shape index (κ1) is 19.2. The summed E-state index contributed by atoms with van der Waals surface area (Å²) in [6.45, 7) is 0.509. The standard InChI is InChI=1S/C20H20FN7O3/c1-23-19(29)10-2-3-11(12(21)6-10)16-15-17(22)24-8-25-18(15)28(26-16)14-5-9-4-13(14)27(7-9)20(30)31/h2-3,6,8-9,13-14H,4-5,7H2,1H3,(H,23,29)(H,30,31)(H2,22,24,25)/t9-,13+,14+/m1/s1. The van der Waals surface area contributed by atoms with Crippen LogP contribution in [-0.4, -0.2) is 61.4 Å². The zero-order valence-corrected chi connectivity index (χ0v) is 16.6. The van der Waals surface area contributed by atoms with E-state index in [1.165, 1.54) is 30.4 Å². The Morgan fingerprint density at radius 1 is 1.26 bits per heavy atom. The third-order valence-corrected chi connectivity index (χ3v) is 6.24. The van der Waals surface area contributed by atoms with Crippen molar-refractivity contribution in [2.75, 3.05) is 19.3 Å². The van der Waals surface area contributed by atoms with Gasteiger partial charge in [0, 0.05) is 24.7 Å². The molecule has 0 spiro atoms. The lowest BCUT2D eigenvalue weighted by Crippen LogP contribution is -2.42. The fourth-order valence-corrected chi connectivity index (χ4v) is 4.88. The molecule has 3 aromatic rings. The maximum atomic E-state index is 15.0. The van der Waals surface area contributed by atoms with Gasteiger partial charge in [0.1, 0.15) is 23.7 Å². The summed E-state index contributed by atoms with van der Waals surface area (Å²) in [6.07, 6.45) is 1.86. The molecule has 160 valence electrons. The zero-order chi connectivity index (χ0) is 21.9. The Morgan fingerprint density at radius 2 is 2.03 bits per heavy atom. The minimum atomic E-state index is -0.959. The van der Waals surface area contributed by atoms with Crippen LogP contribution in [0.2, 0.25) is 0 Å². The lowest BCUT2D eigenvalue weighted by Gasteiger charge is -2.31. The summed E-state index contributed by atoms with van der Waals surface area (Å²) in [6, 6.07) is 3.67. The third-order valence-electron chi connectivity index (χ3n) is 6.24. The Hall–Kier alpha value is -3.76. The van der Waals surface area contributed by atoms with E-state index in [0.29, 0.717) is 17.6 Å². The summed E-state index contributed by atoms with van der Waals surface area (Å²) in [7, 11) is 1.47. The number of nitrogens with one attached hydrogen (secondary N) is 1. The van der Waals surface area contributed by atoms with E-state index in [1.54, 1.807) is 4.68 Å². The van der Waals surface area contributed by atoms with Gasteiger partial charge in [-0.3, -0.25) is 4.79 Å². The highest BCUT2D eigenvalue weighted by atomic mass is 19.1. The number of piperidine rings is 1. The number of carboxylic acid groups (broad SMARTS) is 1. The number of nitrogens with zero attached hydrogens (tertiary/aromatic N) is 5. The highest BCUT2D eigenvalue weighted by Crippen LogP contribution is 2.46. The smallest absolute Gasteiger partial charge is 0.407 e. The van der Waals surface area contributed by atoms with Crippen LogP contribution in [0.25, 0.3) is 22.3 Å². The van der Waals surface area contributed by atoms with Gasteiger partial charge in [0.2, 0.25) is 0 Å². The first-order chi connectivity index (χ1) is 14.9. The highest BCUT2D eigenvalue weighted by molar-refractivity contribution is 5.99. The van der Waals surface area contributed by atoms with Crippen LogP contribution in [0, 0.1) is 11.7 Å². The molecule has 1 saturated carbocycles. The number of likely N-dealkylation sites (tertiary alicyclic amines) is 1. The molecular weight excluding hydrogens is 405 g/mol. The van der Waals surface area contributed by atoms with Crippen LogP contribution in [0.3, 0.4) is 0 Å². The number of hydrogen-bond donors (Lipinski definition) is 3. The molecule has 1 aromatic carbocycles. The molecule has 11 heteroatoms. The van der Waals surface area contributed by atoms with Crippen molar-refractivity contribution in [3.63, 3.8) is 0 Å². The van der Waals surface area contributed by atoms with Crippen LogP contribution in [0.15, 0.2) is 24.5 Å². The van der Waals surface area contributed by atoms with Gasteiger partial charge in [-0.2, -0.15) is 5.10 Å². The Bertz CT molecular complexity index is 1230. The fourth-order valence-electron chi connectivity index (χ4n) is 4.88. The van der Waals surface area contributed by atoms with E-state index < -0.39 is 17.8 Å². The molecule has 2 amide bonds. The predicted octanol–water partition coefficient (Wildman–Crippen LogP) is 1.89. The van der Waals surface area contributed by atoms with Gasteiger partial charge in [0.05, 0.1) is 17.5 Å². The number of carbonyl (C=O) groups is 2. The van der Waals surface area contributed by atoms with E-state index in [2.05, 4.69) is 20.4 Å². The van der Waals surface area contributed by atoms with Crippen LogP contribution < -0.4 is 11.1 Å². The molecule has 1 aliphatic carbocycles. The van der Waals surface area contributed by atoms with Crippen molar-refractivity contribution < 1.29 is 19.1 Å².